The van der Waals surface area contributed by atoms with Gasteiger partial charge in [-0.2, -0.15) is 0 Å². The van der Waals surface area contributed by atoms with Gasteiger partial charge in [0, 0.05) is 0 Å². The maximum atomic E-state index is 2.59. The molecular weight excluding hydrogens is 232 g/mol. The van der Waals surface area contributed by atoms with Gasteiger partial charge in [-0.05, 0) is 70.4 Å². The second-order valence-corrected chi connectivity index (χ2v) is 6.26. The SMILES string of the molecule is CCN(CC)CCC1(CCN(CC)CC)CCCC1. The smallest absolute Gasteiger partial charge is 0.00137 e. The molecule has 2 nitrogen and oxygen atoms in total. The van der Waals surface area contributed by atoms with Crippen LogP contribution >= 0.6 is 0 Å². The van der Waals surface area contributed by atoms with Crippen LogP contribution in [0.25, 0.3) is 0 Å². The van der Waals surface area contributed by atoms with E-state index in [1.165, 1.54) is 77.8 Å². The van der Waals surface area contributed by atoms with Crippen LogP contribution in [0.15, 0.2) is 0 Å². The van der Waals surface area contributed by atoms with Gasteiger partial charge in [-0.25, -0.2) is 0 Å². The van der Waals surface area contributed by atoms with Crippen molar-refractivity contribution in [1.82, 2.24) is 9.80 Å². The molecule has 1 fully saturated rings. The molecule has 0 amide bonds. The molecule has 2 heteroatoms. The van der Waals surface area contributed by atoms with Crippen molar-refractivity contribution < 1.29 is 0 Å². The highest BCUT2D eigenvalue weighted by molar-refractivity contribution is 4.86. The normalized spacial score (nSPS) is 18.6. The summed E-state index contributed by atoms with van der Waals surface area (Å²) in [7, 11) is 0. The summed E-state index contributed by atoms with van der Waals surface area (Å²) in [5.74, 6) is 0. The fraction of sp³-hybridized carbons (Fsp3) is 1.00. The van der Waals surface area contributed by atoms with Gasteiger partial charge in [0.1, 0.15) is 0 Å². The minimum absolute atomic E-state index is 0.672. The molecule has 19 heavy (non-hydrogen) atoms. The van der Waals surface area contributed by atoms with Gasteiger partial charge in [-0.15, -0.1) is 0 Å². The molecule has 114 valence electrons. The monoisotopic (exact) mass is 268 g/mol. The van der Waals surface area contributed by atoms with E-state index >= 15 is 0 Å². The van der Waals surface area contributed by atoms with Crippen LogP contribution in [0.1, 0.15) is 66.2 Å². The Labute approximate surface area is 121 Å². The zero-order valence-electron chi connectivity index (χ0n) is 13.9. The standard InChI is InChI=1S/C17H36N2/c1-5-18(6-2)15-13-17(11-9-10-12-17)14-16-19(7-3)8-4/h5-16H2,1-4H3. The van der Waals surface area contributed by atoms with Crippen LogP contribution in [-0.4, -0.2) is 49.1 Å². The lowest BCUT2D eigenvalue weighted by atomic mass is 9.79. The largest absolute Gasteiger partial charge is 0.304 e. The molecular formula is C17H36N2. The van der Waals surface area contributed by atoms with E-state index in [9.17, 15) is 0 Å². The molecule has 0 aliphatic heterocycles. The van der Waals surface area contributed by atoms with Crippen molar-refractivity contribution in [3.05, 3.63) is 0 Å². The molecule has 0 unspecified atom stereocenters. The first-order valence-corrected chi connectivity index (χ1v) is 8.64. The predicted molar refractivity (Wildman–Crippen MR) is 85.7 cm³/mol. The Kier molecular flexibility index (Phi) is 8.01. The van der Waals surface area contributed by atoms with Crippen molar-refractivity contribution in [3.63, 3.8) is 0 Å². The number of rotatable bonds is 10. The second kappa shape index (κ2) is 8.97. The highest BCUT2D eigenvalue weighted by Crippen LogP contribution is 2.44. The molecule has 0 heterocycles. The van der Waals surface area contributed by atoms with E-state index in [1.807, 2.05) is 0 Å². The van der Waals surface area contributed by atoms with Crippen LogP contribution in [0.4, 0.5) is 0 Å². The number of nitrogens with zero attached hydrogens (tertiary/aromatic N) is 2. The van der Waals surface area contributed by atoms with Crippen LogP contribution in [0.3, 0.4) is 0 Å². The maximum Gasteiger partial charge on any atom is -0.00137 e. The van der Waals surface area contributed by atoms with Crippen molar-refractivity contribution in [3.8, 4) is 0 Å². The molecule has 0 radical (unpaired) electrons. The third kappa shape index (κ3) is 5.43. The van der Waals surface area contributed by atoms with Crippen LogP contribution in [-0.2, 0) is 0 Å². The lowest BCUT2D eigenvalue weighted by Crippen LogP contribution is -2.33. The molecule has 0 aromatic rings. The third-order valence-corrected chi connectivity index (χ3v) is 5.37. The topological polar surface area (TPSA) is 6.48 Å². The third-order valence-electron chi connectivity index (χ3n) is 5.37. The molecule has 0 N–H and O–H groups in total. The van der Waals surface area contributed by atoms with Gasteiger partial charge in [0.15, 0.2) is 0 Å². The first-order chi connectivity index (χ1) is 9.19. The highest BCUT2D eigenvalue weighted by Gasteiger charge is 2.33. The van der Waals surface area contributed by atoms with E-state index in [-0.39, 0.29) is 0 Å². The number of hydrogen-bond donors (Lipinski definition) is 0. The molecule has 0 saturated heterocycles. The van der Waals surface area contributed by atoms with Crippen LogP contribution in [0.5, 0.6) is 0 Å². The van der Waals surface area contributed by atoms with Crippen LogP contribution in [0, 0.1) is 5.41 Å². The molecule has 0 bridgehead atoms. The van der Waals surface area contributed by atoms with Crippen molar-refractivity contribution >= 4 is 0 Å². The summed E-state index contributed by atoms with van der Waals surface area (Å²) in [6.07, 6.45) is 8.75. The quantitative estimate of drug-likeness (QED) is 0.590. The van der Waals surface area contributed by atoms with E-state index in [0.29, 0.717) is 5.41 Å². The molecule has 0 aromatic heterocycles. The van der Waals surface area contributed by atoms with Crippen molar-refractivity contribution in [2.75, 3.05) is 39.3 Å². The van der Waals surface area contributed by atoms with Crippen molar-refractivity contribution in [2.24, 2.45) is 5.41 Å². The fourth-order valence-corrected chi connectivity index (χ4v) is 3.62. The molecule has 0 aromatic carbocycles. The van der Waals surface area contributed by atoms with E-state index in [2.05, 4.69) is 37.5 Å². The summed E-state index contributed by atoms with van der Waals surface area (Å²) in [4.78, 5) is 5.19. The molecule has 1 aliphatic carbocycles. The van der Waals surface area contributed by atoms with Crippen molar-refractivity contribution in [2.45, 2.75) is 66.2 Å². The van der Waals surface area contributed by atoms with Crippen molar-refractivity contribution in [1.29, 1.82) is 0 Å². The minimum atomic E-state index is 0.672. The van der Waals surface area contributed by atoms with Gasteiger partial charge in [0.05, 0.1) is 0 Å². The minimum Gasteiger partial charge on any atom is -0.304 e. The van der Waals surface area contributed by atoms with E-state index in [4.69, 9.17) is 0 Å². The summed E-state index contributed by atoms with van der Waals surface area (Å²) < 4.78 is 0. The molecule has 1 aliphatic rings. The Hall–Kier alpha value is -0.0800. The Balaban J connectivity index is 2.44. The Morgan fingerprint density at radius 3 is 1.37 bits per heavy atom. The first-order valence-electron chi connectivity index (χ1n) is 8.64. The van der Waals surface area contributed by atoms with Gasteiger partial charge in [-0.1, -0.05) is 40.5 Å². The zero-order valence-corrected chi connectivity index (χ0v) is 13.9. The maximum absolute atomic E-state index is 2.59. The summed E-state index contributed by atoms with van der Waals surface area (Å²) in [6.45, 7) is 16.6. The van der Waals surface area contributed by atoms with Crippen LogP contribution in [0.2, 0.25) is 0 Å². The summed E-state index contributed by atoms with van der Waals surface area (Å²) >= 11 is 0. The highest BCUT2D eigenvalue weighted by atomic mass is 15.1. The fourth-order valence-electron chi connectivity index (χ4n) is 3.62. The number of hydrogen-bond acceptors (Lipinski definition) is 2. The van der Waals surface area contributed by atoms with E-state index < -0.39 is 0 Å². The van der Waals surface area contributed by atoms with Gasteiger partial charge in [0.25, 0.3) is 0 Å². The summed E-state index contributed by atoms with van der Waals surface area (Å²) in [5, 5.41) is 0. The second-order valence-electron chi connectivity index (χ2n) is 6.26. The average Bonchev–Trinajstić information content (AvgIpc) is 2.90. The lowest BCUT2D eigenvalue weighted by molar-refractivity contribution is 0.163. The Morgan fingerprint density at radius 1 is 0.684 bits per heavy atom. The molecule has 1 rings (SSSR count). The molecule has 0 spiro atoms. The summed E-state index contributed by atoms with van der Waals surface area (Å²) in [5.41, 5.74) is 0.672. The predicted octanol–water partition coefficient (Wildman–Crippen LogP) is 4.01. The molecule has 1 saturated carbocycles. The Morgan fingerprint density at radius 2 is 1.05 bits per heavy atom. The zero-order chi connectivity index (χ0) is 14.1. The van der Waals surface area contributed by atoms with Gasteiger partial charge >= 0.3 is 0 Å². The first kappa shape index (κ1) is 17.0. The van der Waals surface area contributed by atoms with Gasteiger partial charge < -0.3 is 9.80 Å². The van der Waals surface area contributed by atoms with E-state index in [0.717, 1.165) is 0 Å². The lowest BCUT2D eigenvalue weighted by Gasteiger charge is -2.33. The Bertz CT molecular complexity index is 195. The van der Waals surface area contributed by atoms with Gasteiger partial charge in [0.2, 0.25) is 0 Å². The van der Waals surface area contributed by atoms with Gasteiger partial charge in [-0.3, -0.25) is 0 Å². The van der Waals surface area contributed by atoms with Crippen LogP contribution < -0.4 is 0 Å². The molecule has 0 atom stereocenters. The average molecular weight is 268 g/mol. The summed E-state index contributed by atoms with van der Waals surface area (Å²) in [6, 6.07) is 0. The van der Waals surface area contributed by atoms with E-state index in [1.54, 1.807) is 0 Å².